The molecule has 2 atom stereocenters. The Bertz CT molecular complexity index is 437. The van der Waals surface area contributed by atoms with E-state index in [-0.39, 0.29) is 0 Å². The molecule has 0 aliphatic heterocycles. The van der Waals surface area contributed by atoms with Crippen molar-refractivity contribution in [3.63, 3.8) is 0 Å². The lowest BCUT2D eigenvalue weighted by molar-refractivity contribution is -0.138. The summed E-state index contributed by atoms with van der Waals surface area (Å²) < 4.78 is 0. The number of carbonyl (C=O) groups excluding carboxylic acids is 1. The van der Waals surface area contributed by atoms with Crippen LogP contribution in [-0.4, -0.2) is 5.97 Å². The van der Waals surface area contributed by atoms with Crippen molar-refractivity contribution in [3.8, 4) is 0 Å². The van der Waals surface area contributed by atoms with Gasteiger partial charge in [-0.3, -0.25) is 0 Å². The van der Waals surface area contributed by atoms with Gasteiger partial charge >= 0.3 is 5.97 Å². The molecule has 0 aliphatic rings. The van der Waals surface area contributed by atoms with E-state index >= 15 is 0 Å². The average Bonchev–Trinajstić information content (AvgIpc) is 2.45. The minimum Gasteiger partial charge on any atom is -0.370 e. The van der Waals surface area contributed by atoms with Gasteiger partial charge < -0.3 is 4.84 Å². The number of nitrogens with two attached hydrogens (primary N) is 1. The van der Waals surface area contributed by atoms with Crippen LogP contribution in [0.15, 0.2) is 48.6 Å². The van der Waals surface area contributed by atoms with E-state index in [1.165, 1.54) is 11.6 Å². The van der Waals surface area contributed by atoms with Gasteiger partial charge in [0.2, 0.25) is 0 Å². The van der Waals surface area contributed by atoms with Crippen LogP contribution in [0.5, 0.6) is 0 Å². The number of allylic oxidation sites excluding steroid dienone is 2. The van der Waals surface area contributed by atoms with Crippen molar-refractivity contribution in [1.82, 2.24) is 0 Å². The monoisotopic (exact) mass is 259 g/mol. The van der Waals surface area contributed by atoms with Gasteiger partial charge in [0.15, 0.2) is 0 Å². The third-order valence-electron chi connectivity index (χ3n) is 3.17. The van der Waals surface area contributed by atoms with Gasteiger partial charge in [0.05, 0.1) is 0 Å². The van der Waals surface area contributed by atoms with Crippen LogP contribution in [0, 0.1) is 11.8 Å². The Balaban J connectivity index is 2.44. The van der Waals surface area contributed by atoms with Gasteiger partial charge in [-0.2, -0.15) is 5.90 Å². The standard InChI is InChI=1S/C16H21NO2/c1-13(7-6-10-16(18)19-17)14(2)11-12-15-8-4-3-5-9-15/h3-6,8-14H,7,17H2,1-2H3/b10-6+,12-11+/t13-,14+/m0/s1. The van der Waals surface area contributed by atoms with Crippen LogP contribution in [0.3, 0.4) is 0 Å². The summed E-state index contributed by atoms with van der Waals surface area (Å²) in [6, 6.07) is 10.2. The summed E-state index contributed by atoms with van der Waals surface area (Å²) in [5.41, 5.74) is 1.20. The molecule has 2 N–H and O–H groups in total. The van der Waals surface area contributed by atoms with Crippen molar-refractivity contribution >= 4 is 12.0 Å². The van der Waals surface area contributed by atoms with Crippen molar-refractivity contribution in [2.45, 2.75) is 20.3 Å². The maximum atomic E-state index is 10.8. The molecule has 0 amide bonds. The first kappa shape index (κ1) is 15.2. The van der Waals surface area contributed by atoms with Crippen LogP contribution in [0.4, 0.5) is 0 Å². The molecule has 0 aliphatic carbocycles. The van der Waals surface area contributed by atoms with Crippen LogP contribution in [0.1, 0.15) is 25.8 Å². The first-order chi connectivity index (χ1) is 9.13. The molecule has 1 aromatic rings. The molecule has 0 bridgehead atoms. The molecule has 0 saturated carbocycles. The first-order valence-corrected chi connectivity index (χ1v) is 6.44. The van der Waals surface area contributed by atoms with E-state index in [1.807, 2.05) is 18.2 Å². The van der Waals surface area contributed by atoms with E-state index in [0.717, 1.165) is 6.42 Å². The predicted octanol–water partition coefficient (Wildman–Crippen LogP) is 3.34. The Morgan fingerprint density at radius 2 is 2.00 bits per heavy atom. The summed E-state index contributed by atoms with van der Waals surface area (Å²) in [7, 11) is 0. The summed E-state index contributed by atoms with van der Waals surface area (Å²) >= 11 is 0. The maximum absolute atomic E-state index is 10.8. The van der Waals surface area contributed by atoms with Gasteiger partial charge in [0.1, 0.15) is 0 Å². The molecule has 0 saturated heterocycles. The molecule has 0 heterocycles. The molecule has 0 radical (unpaired) electrons. The van der Waals surface area contributed by atoms with Crippen molar-refractivity contribution in [3.05, 3.63) is 54.1 Å². The molecule has 0 aromatic heterocycles. The summed E-state index contributed by atoms with van der Waals surface area (Å²) in [5.74, 6) is 5.11. The summed E-state index contributed by atoms with van der Waals surface area (Å²) in [6.45, 7) is 4.32. The van der Waals surface area contributed by atoms with E-state index < -0.39 is 5.97 Å². The van der Waals surface area contributed by atoms with Crippen molar-refractivity contribution in [1.29, 1.82) is 0 Å². The summed E-state index contributed by atoms with van der Waals surface area (Å²) in [5, 5.41) is 0. The highest BCUT2D eigenvalue weighted by Gasteiger charge is 2.07. The van der Waals surface area contributed by atoms with Gasteiger partial charge in [-0.1, -0.05) is 62.4 Å². The lowest BCUT2D eigenvalue weighted by Crippen LogP contribution is -2.07. The Hall–Kier alpha value is -1.87. The quantitative estimate of drug-likeness (QED) is 0.629. The number of rotatable bonds is 6. The molecule has 0 spiro atoms. The zero-order valence-electron chi connectivity index (χ0n) is 11.5. The van der Waals surface area contributed by atoms with Crippen molar-refractivity contribution in [2.24, 2.45) is 17.7 Å². The number of benzene rings is 1. The van der Waals surface area contributed by atoms with Gasteiger partial charge in [-0.15, -0.1) is 0 Å². The van der Waals surface area contributed by atoms with E-state index in [9.17, 15) is 4.79 Å². The maximum Gasteiger partial charge on any atom is 0.348 e. The Kier molecular flexibility index (Phi) is 6.61. The highest BCUT2D eigenvalue weighted by molar-refractivity contribution is 5.81. The fourth-order valence-corrected chi connectivity index (χ4v) is 1.65. The number of hydrogen-bond donors (Lipinski definition) is 1. The molecular formula is C16H21NO2. The lowest BCUT2D eigenvalue weighted by atomic mass is 9.92. The predicted molar refractivity (Wildman–Crippen MR) is 77.8 cm³/mol. The SMILES string of the molecule is C[C@H](/C=C/c1ccccc1)[C@@H](C)C/C=C/C(=O)ON. The molecule has 1 rings (SSSR count). The van der Waals surface area contributed by atoms with Gasteiger partial charge in [-0.25, -0.2) is 4.79 Å². The highest BCUT2D eigenvalue weighted by Crippen LogP contribution is 2.18. The van der Waals surface area contributed by atoms with Crippen LogP contribution in [0.25, 0.3) is 6.08 Å². The van der Waals surface area contributed by atoms with Crippen molar-refractivity contribution in [2.75, 3.05) is 0 Å². The van der Waals surface area contributed by atoms with E-state index in [1.54, 1.807) is 6.08 Å². The largest absolute Gasteiger partial charge is 0.370 e. The molecule has 0 fully saturated rings. The number of carbonyl (C=O) groups is 1. The Morgan fingerprint density at radius 1 is 1.32 bits per heavy atom. The topological polar surface area (TPSA) is 52.3 Å². The van der Waals surface area contributed by atoms with Crippen LogP contribution < -0.4 is 5.90 Å². The number of hydrogen-bond acceptors (Lipinski definition) is 3. The molecule has 3 heteroatoms. The van der Waals surface area contributed by atoms with E-state index in [0.29, 0.717) is 11.8 Å². The minimum atomic E-state index is -0.514. The van der Waals surface area contributed by atoms with Crippen LogP contribution in [0.2, 0.25) is 0 Å². The van der Waals surface area contributed by atoms with Crippen LogP contribution in [-0.2, 0) is 9.63 Å². The smallest absolute Gasteiger partial charge is 0.348 e. The second-order valence-corrected chi connectivity index (χ2v) is 4.68. The van der Waals surface area contributed by atoms with E-state index in [2.05, 4.69) is 43.0 Å². The molecule has 3 nitrogen and oxygen atoms in total. The van der Waals surface area contributed by atoms with Gasteiger partial charge in [0.25, 0.3) is 0 Å². The van der Waals surface area contributed by atoms with Gasteiger partial charge in [-0.05, 0) is 23.8 Å². The third kappa shape index (κ3) is 6.02. The molecule has 1 aromatic carbocycles. The average molecular weight is 259 g/mol. The van der Waals surface area contributed by atoms with E-state index in [4.69, 9.17) is 5.90 Å². The second-order valence-electron chi connectivity index (χ2n) is 4.68. The lowest BCUT2D eigenvalue weighted by Gasteiger charge is -2.14. The first-order valence-electron chi connectivity index (χ1n) is 6.44. The zero-order valence-corrected chi connectivity index (χ0v) is 11.5. The third-order valence-corrected chi connectivity index (χ3v) is 3.17. The Labute approximate surface area is 114 Å². The highest BCUT2D eigenvalue weighted by atomic mass is 16.7. The summed E-state index contributed by atoms with van der Waals surface area (Å²) in [4.78, 5) is 14.9. The summed E-state index contributed by atoms with van der Waals surface area (Å²) in [6.07, 6.45) is 8.29. The zero-order chi connectivity index (χ0) is 14.1. The fraction of sp³-hybridized carbons (Fsp3) is 0.312. The molecular weight excluding hydrogens is 238 g/mol. The van der Waals surface area contributed by atoms with Gasteiger partial charge in [0, 0.05) is 6.08 Å². The molecule has 19 heavy (non-hydrogen) atoms. The van der Waals surface area contributed by atoms with Crippen molar-refractivity contribution < 1.29 is 9.63 Å². The molecule has 0 unspecified atom stereocenters. The van der Waals surface area contributed by atoms with Crippen LogP contribution >= 0.6 is 0 Å². The normalized spacial score (nSPS) is 14.7. The minimum absolute atomic E-state index is 0.429. The molecule has 102 valence electrons. The second kappa shape index (κ2) is 8.27. The fourth-order valence-electron chi connectivity index (χ4n) is 1.65. The Morgan fingerprint density at radius 3 is 2.63 bits per heavy atom.